The molecule has 4 aromatic carbocycles. The van der Waals surface area contributed by atoms with Gasteiger partial charge in [-0.3, -0.25) is 19.3 Å². The summed E-state index contributed by atoms with van der Waals surface area (Å²) in [5.74, 6) is -0.0231. The number of amides is 3. The third kappa shape index (κ3) is 3.83. The Balaban J connectivity index is 1.26. The molecule has 3 aliphatic rings. The summed E-state index contributed by atoms with van der Waals surface area (Å²) in [5, 5.41) is 0. The minimum Gasteiger partial charge on any atom is -0.488 e. The van der Waals surface area contributed by atoms with Gasteiger partial charge in [0.1, 0.15) is 12.4 Å². The smallest absolute Gasteiger partial charge is 0.258 e. The number of ether oxygens (including phenoxy) is 1. The van der Waals surface area contributed by atoms with Crippen LogP contribution in [0.3, 0.4) is 0 Å². The number of aryl methyl sites for hydroxylation is 1. The van der Waals surface area contributed by atoms with Crippen LogP contribution in [0.1, 0.15) is 39.0 Å². The Kier molecular flexibility index (Phi) is 5.37. The fourth-order valence-corrected chi connectivity index (χ4v) is 6.11. The summed E-state index contributed by atoms with van der Waals surface area (Å²) in [5.41, 5.74) is 8.12. The zero-order valence-electron chi connectivity index (χ0n) is 21.5. The molecule has 0 N–H and O–H groups in total. The first-order valence-electron chi connectivity index (χ1n) is 13.2. The molecule has 6 nitrogen and oxygen atoms in total. The van der Waals surface area contributed by atoms with Gasteiger partial charge in [-0.1, -0.05) is 42.5 Å². The van der Waals surface area contributed by atoms with E-state index in [1.807, 2.05) is 67.6 Å². The predicted molar refractivity (Wildman–Crippen MR) is 149 cm³/mol. The van der Waals surface area contributed by atoms with Crippen LogP contribution in [0.5, 0.6) is 5.75 Å². The van der Waals surface area contributed by atoms with Crippen LogP contribution < -0.4 is 14.5 Å². The quantitative estimate of drug-likeness (QED) is 0.321. The second-order valence-electron chi connectivity index (χ2n) is 10.5. The monoisotopic (exact) mass is 514 g/mol. The van der Waals surface area contributed by atoms with Gasteiger partial charge in [-0.05, 0) is 83.6 Å². The molecule has 3 amide bonds. The third-order valence-electron chi connectivity index (χ3n) is 7.90. The Labute approximate surface area is 226 Å². The molecule has 1 saturated heterocycles. The normalized spacial score (nSPS) is 17.7. The number of fused-ring (bicyclic) bond motifs is 4. The van der Waals surface area contributed by atoms with Crippen molar-refractivity contribution in [1.82, 2.24) is 0 Å². The highest BCUT2D eigenvalue weighted by atomic mass is 16.5. The number of hydrogen-bond donors (Lipinski definition) is 0. The van der Waals surface area contributed by atoms with Crippen LogP contribution in [-0.4, -0.2) is 17.7 Å². The van der Waals surface area contributed by atoms with E-state index in [9.17, 15) is 14.4 Å². The van der Waals surface area contributed by atoms with E-state index in [0.29, 0.717) is 30.8 Å². The molecule has 0 aliphatic carbocycles. The fraction of sp³-hybridized carbons (Fsp3) is 0.182. The van der Waals surface area contributed by atoms with Gasteiger partial charge in [0.2, 0.25) is 11.8 Å². The van der Waals surface area contributed by atoms with Gasteiger partial charge in [0.25, 0.3) is 5.91 Å². The van der Waals surface area contributed by atoms with E-state index in [4.69, 9.17) is 4.74 Å². The van der Waals surface area contributed by atoms with E-state index in [2.05, 4.69) is 12.1 Å². The summed E-state index contributed by atoms with van der Waals surface area (Å²) in [7, 11) is 0. The van der Waals surface area contributed by atoms with Gasteiger partial charge < -0.3 is 9.64 Å². The summed E-state index contributed by atoms with van der Waals surface area (Å²) in [6.45, 7) is 2.89. The van der Waals surface area contributed by atoms with E-state index < -0.39 is 5.92 Å². The lowest BCUT2D eigenvalue weighted by Gasteiger charge is -2.25. The average molecular weight is 515 g/mol. The first-order chi connectivity index (χ1) is 19.0. The Morgan fingerprint density at radius 1 is 0.821 bits per heavy atom. The molecule has 6 heteroatoms. The zero-order valence-corrected chi connectivity index (χ0v) is 21.5. The Bertz CT molecular complexity index is 1660. The Hall–Kier alpha value is -4.71. The van der Waals surface area contributed by atoms with Crippen LogP contribution >= 0.6 is 0 Å². The zero-order chi connectivity index (χ0) is 26.7. The van der Waals surface area contributed by atoms with Gasteiger partial charge in [0, 0.05) is 23.2 Å². The highest BCUT2D eigenvalue weighted by molar-refractivity contribution is 6.21. The lowest BCUT2D eigenvalue weighted by Crippen LogP contribution is -2.30. The number of rotatable bonds is 4. The molecular weight excluding hydrogens is 488 g/mol. The summed E-state index contributed by atoms with van der Waals surface area (Å²) >= 11 is 0. The third-order valence-corrected chi connectivity index (χ3v) is 7.90. The van der Waals surface area contributed by atoms with Crippen molar-refractivity contribution in [3.05, 3.63) is 113 Å². The van der Waals surface area contributed by atoms with Gasteiger partial charge in [0.05, 0.1) is 18.2 Å². The molecule has 39 heavy (non-hydrogen) atoms. The van der Waals surface area contributed by atoms with Crippen LogP contribution in [0.15, 0.2) is 84.9 Å². The number of carbonyl (C=O) groups is 3. The largest absolute Gasteiger partial charge is 0.488 e. The van der Waals surface area contributed by atoms with Crippen molar-refractivity contribution in [1.29, 1.82) is 0 Å². The average Bonchev–Trinajstić information content (AvgIpc) is 3.42. The van der Waals surface area contributed by atoms with E-state index in [-0.39, 0.29) is 24.1 Å². The summed E-state index contributed by atoms with van der Waals surface area (Å²) < 4.78 is 6.19. The molecule has 0 bridgehead atoms. The number of para-hydroxylation sites is 2. The standard InChI is InChI=1S/C33H26N2O4/c1-20-12-21(14-22-17-30(36)35(32(22)37)26-10-6-3-7-11-26)31-27-15-23-18-34(25-8-4-2-5-9-25)33(38)28(23)16-24(27)19-39-29(31)13-20/h2-13,15-16,22H,14,17-19H2,1H3. The molecular formula is C33H26N2O4. The maximum Gasteiger partial charge on any atom is 0.258 e. The van der Waals surface area contributed by atoms with Gasteiger partial charge in [-0.2, -0.15) is 0 Å². The summed E-state index contributed by atoms with van der Waals surface area (Å²) in [6, 6.07) is 27.0. The molecule has 192 valence electrons. The van der Waals surface area contributed by atoms with Crippen molar-refractivity contribution in [3.8, 4) is 16.9 Å². The van der Waals surface area contributed by atoms with Crippen molar-refractivity contribution >= 4 is 29.1 Å². The number of carbonyl (C=O) groups excluding carboxylic acids is 3. The lowest BCUT2D eigenvalue weighted by atomic mass is 9.85. The van der Waals surface area contributed by atoms with Gasteiger partial charge in [-0.15, -0.1) is 0 Å². The Morgan fingerprint density at radius 2 is 1.51 bits per heavy atom. The van der Waals surface area contributed by atoms with E-state index in [1.165, 1.54) is 4.90 Å². The lowest BCUT2D eigenvalue weighted by molar-refractivity contribution is -0.122. The molecule has 0 saturated carbocycles. The van der Waals surface area contributed by atoms with Crippen LogP contribution in [0, 0.1) is 12.8 Å². The fourth-order valence-electron chi connectivity index (χ4n) is 6.11. The van der Waals surface area contributed by atoms with Crippen LogP contribution in [0.25, 0.3) is 11.1 Å². The van der Waals surface area contributed by atoms with E-state index >= 15 is 0 Å². The molecule has 3 aliphatic heterocycles. The van der Waals surface area contributed by atoms with Gasteiger partial charge in [-0.25, -0.2) is 0 Å². The number of hydrogen-bond acceptors (Lipinski definition) is 4. The van der Waals surface area contributed by atoms with Crippen molar-refractivity contribution in [2.24, 2.45) is 5.92 Å². The first-order valence-corrected chi connectivity index (χ1v) is 13.2. The highest BCUT2D eigenvalue weighted by Gasteiger charge is 2.40. The minimum absolute atomic E-state index is 0.00926. The minimum atomic E-state index is -0.446. The maximum absolute atomic E-state index is 13.4. The molecule has 1 fully saturated rings. The van der Waals surface area contributed by atoms with Crippen molar-refractivity contribution < 1.29 is 19.1 Å². The summed E-state index contributed by atoms with van der Waals surface area (Å²) in [4.78, 5) is 42.7. The molecule has 7 rings (SSSR count). The maximum atomic E-state index is 13.4. The van der Waals surface area contributed by atoms with Gasteiger partial charge in [0.15, 0.2) is 0 Å². The molecule has 3 heterocycles. The summed E-state index contributed by atoms with van der Waals surface area (Å²) in [6.07, 6.45) is 0.613. The van der Waals surface area contributed by atoms with Crippen molar-refractivity contribution in [2.75, 3.05) is 9.80 Å². The molecule has 0 radical (unpaired) electrons. The molecule has 0 aromatic heterocycles. The van der Waals surface area contributed by atoms with Crippen molar-refractivity contribution in [3.63, 3.8) is 0 Å². The molecule has 1 atom stereocenters. The van der Waals surface area contributed by atoms with Crippen LogP contribution in [0.2, 0.25) is 0 Å². The predicted octanol–water partition coefficient (Wildman–Crippen LogP) is 5.84. The topological polar surface area (TPSA) is 66.9 Å². The van der Waals surface area contributed by atoms with E-state index in [0.717, 1.165) is 44.8 Å². The van der Waals surface area contributed by atoms with Gasteiger partial charge >= 0.3 is 0 Å². The van der Waals surface area contributed by atoms with E-state index in [1.54, 1.807) is 17.0 Å². The molecule has 4 aromatic rings. The van der Waals surface area contributed by atoms with Crippen LogP contribution in [0.4, 0.5) is 11.4 Å². The number of imide groups is 1. The number of anilines is 2. The molecule has 0 spiro atoms. The SMILES string of the molecule is Cc1cc(CC2CC(=O)N(c3ccccc3)C2=O)c2c(c1)OCc1cc3c(cc1-2)CN(c1ccccc1)C3=O. The van der Waals surface area contributed by atoms with Crippen molar-refractivity contribution in [2.45, 2.75) is 32.9 Å². The Morgan fingerprint density at radius 3 is 2.26 bits per heavy atom. The second-order valence-corrected chi connectivity index (χ2v) is 10.5. The second kappa shape index (κ2) is 8.95. The number of benzene rings is 4. The molecule has 1 unspecified atom stereocenters. The number of nitrogens with zero attached hydrogens (tertiary/aromatic N) is 2. The van der Waals surface area contributed by atoms with Crippen LogP contribution in [-0.2, 0) is 29.2 Å². The highest BCUT2D eigenvalue weighted by Crippen LogP contribution is 2.45. The first kappa shape index (κ1) is 23.4.